The van der Waals surface area contributed by atoms with Gasteiger partial charge >= 0.3 is 5.97 Å². The Labute approximate surface area is 118 Å². The molecule has 1 aliphatic carbocycles. The van der Waals surface area contributed by atoms with E-state index < -0.39 is 16.3 Å². The van der Waals surface area contributed by atoms with Crippen molar-refractivity contribution < 1.29 is 14.8 Å². The lowest BCUT2D eigenvalue weighted by atomic mass is 9.78. The summed E-state index contributed by atoms with van der Waals surface area (Å²) in [6.45, 7) is 1.68. The lowest BCUT2D eigenvalue weighted by Gasteiger charge is -2.24. The maximum atomic E-state index is 11.5. The topological polar surface area (TPSA) is 80.4 Å². The maximum Gasteiger partial charge on any atom is 0.309 e. The average Bonchev–Trinajstić information content (AvgIpc) is 3.15. The molecular formula is C13H14BrNO4. The third-order valence-corrected chi connectivity index (χ3v) is 4.26. The summed E-state index contributed by atoms with van der Waals surface area (Å²) in [6, 6.07) is 4.76. The maximum absolute atomic E-state index is 11.5. The standard InChI is InChI=1S/C13H14BrNO4/c1-13(12(16)17,9-3-4-9)7-8-2-5-10(14)6-11(8)15(18)19/h2,5-6,9H,3-4,7H2,1H3,(H,16,17). The fourth-order valence-electron chi connectivity index (χ4n) is 2.37. The summed E-state index contributed by atoms with van der Waals surface area (Å²) >= 11 is 3.19. The van der Waals surface area contributed by atoms with E-state index in [-0.39, 0.29) is 18.0 Å². The third kappa shape index (κ3) is 2.78. The van der Waals surface area contributed by atoms with Gasteiger partial charge < -0.3 is 5.11 Å². The monoisotopic (exact) mass is 327 g/mol. The minimum atomic E-state index is -0.918. The van der Waals surface area contributed by atoms with Gasteiger partial charge in [0.1, 0.15) is 0 Å². The molecule has 1 aromatic rings. The number of carboxylic acid groups (broad SMARTS) is 1. The number of aliphatic carboxylic acids is 1. The number of hydrogen-bond donors (Lipinski definition) is 1. The number of hydrogen-bond acceptors (Lipinski definition) is 3. The first kappa shape index (κ1) is 14.0. The van der Waals surface area contributed by atoms with E-state index in [1.807, 2.05) is 0 Å². The Balaban J connectivity index is 2.37. The lowest BCUT2D eigenvalue weighted by Crippen LogP contribution is -2.32. The van der Waals surface area contributed by atoms with Crippen LogP contribution >= 0.6 is 15.9 Å². The van der Waals surface area contributed by atoms with Crippen LogP contribution in [0.1, 0.15) is 25.3 Å². The van der Waals surface area contributed by atoms with E-state index in [1.165, 1.54) is 6.07 Å². The van der Waals surface area contributed by atoms with Gasteiger partial charge in [-0.3, -0.25) is 14.9 Å². The van der Waals surface area contributed by atoms with Crippen molar-refractivity contribution in [1.29, 1.82) is 0 Å². The summed E-state index contributed by atoms with van der Waals surface area (Å²) in [6.07, 6.45) is 1.96. The molecule has 0 aliphatic heterocycles. The van der Waals surface area contributed by atoms with Crippen molar-refractivity contribution in [2.75, 3.05) is 0 Å². The summed E-state index contributed by atoms with van der Waals surface area (Å²) in [5.74, 6) is -0.763. The molecule has 1 aliphatic rings. The van der Waals surface area contributed by atoms with Crippen molar-refractivity contribution >= 4 is 27.6 Å². The molecule has 0 spiro atoms. The zero-order chi connectivity index (χ0) is 14.2. The van der Waals surface area contributed by atoms with Gasteiger partial charge in [-0.05, 0) is 38.2 Å². The molecular weight excluding hydrogens is 314 g/mol. The van der Waals surface area contributed by atoms with E-state index in [2.05, 4.69) is 15.9 Å². The van der Waals surface area contributed by atoms with Gasteiger partial charge in [-0.1, -0.05) is 22.0 Å². The molecule has 0 aromatic heterocycles. The smallest absolute Gasteiger partial charge is 0.309 e. The first-order chi connectivity index (χ1) is 8.84. The number of nitro groups is 1. The van der Waals surface area contributed by atoms with Crippen LogP contribution in [0, 0.1) is 21.4 Å². The highest BCUT2D eigenvalue weighted by Crippen LogP contribution is 2.48. The molecule has 102 valence electrons. The first-order valence-corrected chi connectivity index (χ1v) is 6.80. The largest absolute Gasteiger partial charge is 0.481 e. The highest BCUT2D eigenvalue weighted by Gasteiger charge is 2.48. The number of carboxylic acids is 1. The van der Waals surface area contributed by atoms with Gasteiger partial charge in [0.05, 0.1) is 10.3 Å². The Morgan fingerprint density at radius 2 is 2.21 bits per heavy atom. The van der Waals surface area contributed by atoms with Gasteiger partial charge in [0.15, 0.2) is 0 Å². The molecule has 1 fully saturated rings. The molecule has 0 heterocycles. The van der Waals surface area contributed by atoms with E-state index in [0.717, 1.165) is 12.8 Å². The molecule has 0 saturated heterocycles. The number of nitro benzene ring substituents is 1. The molecule has 5 nitrogen and oxygen atoms in total. The summed E-state index contributed by atoms with van der Waals surface area (Å²) < 4.78 is 0.617. The van der Waals surface area contributed by atoms with E-state index in [0.29, 0.717) is 10.0 Å². The molecule has 1 aromatic carbocycles. The Kier molecular flexibility index (Phi) is 3.62. The average molecular weight is 328 g/mol. The number of benzene rings is 1. The molecule has 19 heavy (non-hydrogen) atoms. The molecule has 0 amide bonds. The summed E-state index contributed by atoms with van der Waals surface area (Å²) in [5.41, 5.74) is -0.467. The fourth-order valence-corrected chi connectivity index (χ4v) is 2.72. The third-order valence-electron chi connectivity index (χ3n) is 3.77. The summed E-state index contributed by atoms with van der Waals surface area (Å²) in [4.78, 5) is 22.1. The van der Waals surface area contributed by atoms with Crippen molar-refractivity contribution in [2.24, 2.45) is 11.3 Å². The van der Waals surface area contributed by atoms with Crippen LogP contribution in [-0.4, -0.2) is 16.0 Å². The van der Waals surface area contributed by atoms with Gasteiger partial charge in [-0.15, -0.1) is 0 Å². The van der Waals surface area contributed by atoms with Gasteiger partial charge in [-0.25, -0.2) is 0 Å². The van der Waals surface area contributed by atoms with Crippen LogP contribution in [0.5, 0.6) is 0 Å². The van der Waals surface area contributed by atoms with E-state index in [1.54, 1.807) is 19.1 Å². The van der Waals surface area contributed by atoms with Crippen LogP contribution < -0.4 is 0 Å². The number of rotatable bonds is 5. The number of carbonyl (C=O) groups is 1. The Morgan fingerprint density at radius 1 is 1.58 bits per heavy atom. The second-order valence-corrected chi connectivity index (χ2v) is 6.12. The molecule has 1 unspecified atom stereocenters. The van der Waals surface area contributed by atoms with Crippen molar-refractivity contribution in [3.63, 3.8) is 0 Å². The summed E-state index contributed by atoms with van der Waals surface area (Å²) in [5, 5.41) is 20.5. The molecule has 1 N–H and O–H groups in total. The predicted octanol–water partition coefficient (Wildman–Crippen LogP) is 3.40. The van der Waals surface area contributed by atoms with Crippen molar-refractivity contribution in [3.8, 4) is 0 Å². The second kappa shape index (κ2) is 4.92. The van der Waals surface area contributed by atoms with E-state index in [9.17, 15) is 20.0 Å². The van der Waals surface area contributed by atoms with Crippen LogP contribution in [0.25, 0.3) is 0 Å². The SMILES string of the molecule is CC(Cc1ccc(Br)cc1[N+](=O)[O-])(C(=O)O)C1CC1. The Morgan fingerprint density at radius 3 is 2.68 bits per heavy atom. The predicted molar refractivity (Wildman–Crippen MR) is 73.0 cm³/mol. The zero-order valence-corrected chi connectivity index (χ0v) is 12.0. The quantitative estimate of drug-likeness (QED) is 0.663. The molecule has 1 atom stereocenters. The minimum absolute atomic E-state index is 0.0255. The Hall–Kier alpha value is -1.43. The first-order valence-electron chi connectivity index (χ1n) is 6.01. The normalized spacial score (nSPS) is 17.8. The van der Waals surface area contributed by atoms with Crippen molar-refractivity contribution in [1.82, 2.24) is 0 Å². The summed E-state index contributed by atoms with van der Waals surface area (Å²) in [7, 11) is 0. The number of nitrogens with zero attached hydrogens (tertiary/aromatic N) is 1. The van der Waals surface area contributed by atoms with Crippen molar-refractivity contribution in [3.05, 3.63) is 38.3 Å². The highest BCUT2D eigenvalue weighted by molar-refractivity contribution is 9.10. The van der Waals surface area contributed by atoms with Crippen LogP contribution in [0.2, 0.25) is 0 Å². The number of halogens is 1. The van der Waals surface area contributed by atoms with Gasteiger partial charge in [-0.2, -0.15) is 0 Å². The van der Waals surface area contributed by atoms with E-state index in [4.69, 9.17) is 0 Å². The fraction of sp³-hybridized carbons (Fsp3) is 0.462. The van der Waals surface area contributed by atoms with Crippen molar-refractivity contribution in [2.45, 2.75) is 26.2 Å². The molecule has 0 bridgehead atoms. The molecule has 1 saturated carbocycles. The highest BCUT2D eigenvalue weighted by atomic mass is 79.9. The van der Waals surface area contributed by atoms with Crippen LogP contribution in [0.4, 0.5) is 5.69 Å². The lowest BCUT2D eigenvalue weighted by molar-refractivity contribution is -0.385. The van der Waals surface area contributed by atoms with Gasteiger partial charge in [0, 0.05) is 16.1 Å². The van der Waals surface area contributed by atoms with Crippen LogP contribution in [-0.2, 0) is 11.2 Å². The van der Waals surface area contributed by atoms with Gasteiger partial charge in [0.2, 0.25) is 0 Å². The van der Waals surface area contributed by atoms with Crippen LogP contribution in [0.3, 0.4) is 0 Å². The van der Waals surface area contributed by atoms with Gasteiger partial charge in [0.25, 0.3) is 5.69 Å². The Bertz CT molecular complexity index is 541. The minimum Gasteiger partial charge on any atom is -0.481 e. The zero-order valence-electron chi connectivity index (χ0n) is 10.4. The second-order valence-electron chi connectivity index (χ2n) is 5.20. The molecule has 0 radical (unpaired) electrons. The molecule has 2 rings (SSSR count). The van der Waals surface area contributed by atoms with E-state index >= 15 is 0 Å². The molecule has 6 heteroatoms. The van der Waals surface area contributed by atoms with Crippen LogP contribution in [0.15, 0.2) is 22.7 Å².